The Bertz CT molecular complexity index is 661. The molecule has 0 saturated heterocycles. The first-order valence-electron chi connectivity index (χ1n) is 6.44. The zero-order valence-electron chi connectivity index (χ0n) is 11.4. The van der Waals surface area contributed by atoms with Crippen LogP contribution in [0.1, 0.15) is 19.3 Å². The Kier molecular flexibility index (Phi) is 4.41. The molecule has 12 heteroatoms. The molecule has 2 heterocycles. The monoisotopic (exact) mass is 339 g/mol. The third-order valence-corrected chi connectivity index (χ3v) is 4.32. The number of aromatic nitrogens is 2. The van der Waals surface area contributed by atoms with Crippen LogP contribution in [0.15, 0.2) is 4.79 Å². The lowest BCUT2D eigenvalue weighted by Gasteiger charge is -2.19. The maximum absolute atomic E-state index is 13.1. The van der Waals surface area contributed by atoms with Crippen molar-refractivity contribution in [2.75, 3.05) is 29.2 Å². The molecular formula is C10H16F2N5O4P. The Hall–Kier alpha value is -1.71. The molecule has 1 aromatic heterocycles. The van der Waals surface area contributed by atoms with E-state index in [4.69, 9.17) is 15.5 Å². The first kappa shape index (κ1) is 16.7. The van der Waals surface area contributed by atoms with Crippen molar-refractivity contribution in [1.29, 1.82) is 0 Å². The number of nitrogens with one attached hydrogen (secondary N) is 2. The van der Waals surface area contributed by atoms with Gasteiger partial charge in [-0.25, -0.2) is 0 Å². The number of rotatable bonds is 6. The van der Waals surface area contributed by atoms with E-state index in [0.717, 1.165) is 0 Å². The number of nitrogens with zero attached hydrogens (tertiary/aromatic N) is 2. The van der Waals surface area contributed by atoms with Crippen LogP contribution in [0.5, 0.6) is 0 Å². The Morgan fingerprint density at radius 1 is 1.41 bits per heavy atom. The van der Waals surface area contributed by atoms with Crippen molar-refractivity contribution in [1.82, 2.24) is 9.97 Å². The van der Waals surface area contributed by atoms with Crippen molar-refractivity contribution in [2.24, 2.45) is 0 Å². The van der Waals surface area contributed by atoms with Crippen molar-refractivity contribution >= 4 is 25.0 Å². The minimum atomic E-state index is -5.43. The van der Waals surface area contributed by atoms with E-state index in [1.807, 2.05) is 0 Å². The molecule has 0 spiro atoms. The van der Waals surface area contributed by atoms with Crippen LogP contribution >= 0.6 is 7.60 Å². The average Bonchev–Trinajstić information content (AvgIpc) is 2.76. The van der Waals surface area contributed by atoms with Gasteiger partial charge in [-0.1, -0.05) is 0 Å². The van der Waals surface area contributed by atoms with E-state index in [1.54, 1.807) is 4.90 Å². The maximum atomic E-state index is 13.1. The molecule has 0 aromatic carbocycles. The Labute approximate surface area is 123 Å². The van der Waals surface area contributed by atoms with Gasteiger partial charge in [0, 0.05) is 13.0 Å². The molecule has 0 amide bonds. The van der Waals surface area contributed by atoms with Crippen LogP contribution in [0.25, 0.3) is 0 Å². The quantitative estimate of drug-likeness (QED) is 0.372. The molecule has 0 atom stereocenters. The van der Waals surface area contributed by atoms with Crippen molar-refractivity contribution in [3.8, 4) is 0 Å². The summed E-state index contributed by atoms with van der Waals surface area (Å²) in [6.45, 7) is 0.580. The molecule has 0 radical (unpaired) electrons. The maximum Gasteiger partial charge on any atom is 0.394 e. The molecule has 0 bridgehead atoms. The van der Waals surface area contributed by atoms with Gasteiger partial charge in [-0.3, -0.25) is 14.3 Å². The highest BCUT2D eigenvalue weighted by Crippen LogP contribution is 2.55. The number of anilines is 3. The SMILES string of the molecule is Nc1nc2c(c(=O)[nH]1)NCN2CCCCC(F)(F)P(=O)(O)O. The van der Waals surface area contributed by atoms with E-state index < -0.39 is 25.2 Å². The second-order valence-electron chi connectivity index (χ2n) is 4.92. The summed E-state index contributed by atoms with van der Waals surface area (Å²) in [5, 5.41) is 2.82. The zero-order valence-corrected chi connectivity index (χ0v) is 12.3. The normalized spacial score (nSPS) is 14.8. The first-order chi connectivity index (χ1) is 10.1. The molecule has 124 valence electrons. The fourth-order valence-corrected chi connectivity index (χ4v) is 2.54. The molecule has 1 aromatic rings. The number of halogens is 2. The summed E-state index contributed by atoms with van der Waals surface area (Å²) in [7, 11) is -5.43. The van der Waals surface area contributed by atoms with Crippen LogP contribution in [-0.2, 0) is 4.57 Å². The summed E-state index contributed by atoms with van der Waals surface area (Å²) in [5.41, 5.74) is 1.27. The Balaban J connectivity index is 1.91. The van der Waals surface area contributed by atoms with Gasteiger partial charge in [-0.15, -0.1) is 0 Å². The lowest BCUT2D eigenvalue weighted by atomic mass is 10.2. The van der Waals surface area contributed by atoms with Crippen LogP contribution in [0.3, 0.4) is 0 Å². The van der Waals surface area contributed by atoms with Gasteiger partial charge >= 0.3 is 13.3 Å². The van der Waals surface area contributed by atoms with Gasteiger partial charge in [0.2, 0.25) is 5.95 Å². The predicted molar refractivity (Wildman–Crippen MR) is 75.9 cm³/mol. The molecule has 0 saturated carbocycles. The summed E-state index contributed by atoms with van der Waals surface area (Å²) in [6, 6.07) is 0. The number of fused-ring (bicyclic) bond motifs is 1. The van der Waals surface area contributed by atoms with Gasteiger partial charge < -0.3 is 25.7 Å². The van der Waals surface area contributed by atoms with E-state index in [1.165, 1.54) is 0 Å². The van der Waals surface area contributed by atoms with Gasteiger partial charge in [0.15, 0.2) is 5.82 Å². The van der Waals surface area contributed by atoms with E-state index in [0.29, 0.717) is 12.4 Å². The largest absolute Gasteiger partial charge is 0.394 e. The van der Waals surface area contributed by atoms with E-state index in [-0.39, 0.29) is 31.1 Å². The van der Waals surface area contributed by atoms with E-state index in [9.17, 15) is 18.1 Å². The summed E-state index contributed by atoms with van der Waals surface area (Å²) >= 11 is 0. The second kappa shape index (κ2) is 5.82. The predicted octanol–water partition coefficient (Wildman–Crippen LogP) is 0.482. The molecular weight excluding hydrogens is 323 g/mol. The third-order valence-electron chi connectivity index (χ3n) is 3.25. The first-order valence-corrected chi connectivity index (χ1v) is 8.05. The van der Waals surface area contributed by atoms with Crippen molar-refractivity contribution in [3.63, 3.8) is 0 Å². The van der Waals surface area contributed by atoms with Crippen molar-refractivity contribution in [2.45, 2.75) is 24.9 Å². The number of alkyl halides is 2. The smallest absolute Gasteiger partial charge is 0.369 e. The molecule has 9 nitrogen and oxygen atoms in total. The standard InChI is InChI=1S/C10H16F2N5O4P/c11-10(12,22(19,20)21)3-1-2-4-17-5-14-6-7(17)15-9(13)16-8(6)18/h14H,1-5H2,(H2,19,20,21)(H3,13,15,16,18). The highest BCUT2D eigenvalue weighted by molar-refractivity contribution is 7.53. The molecule has 22 heavy (non-hydrogen) atoms. The lowest BCUT2D eigenvalue weighted by molar-refractivity contribution is 0.0480. The van der Waals surface area contributed by atoms with Gasteiger partial charge in [0.25, 0.3) is 5.56 Å². The zero-order chi connectivity index (χ0) is 16.5. The summed E-state index contributed by atoms with van der Waals surface area (Å²) in [5.74, 6) is 0.286. The van der Waals surface area contributed by atoms with Crippen LogP contribution in [-0.4, -0.2) is 38.6 Å². The number of nitrogen functional groups attached to an aromatic ring is 1. The van der Waals surface area contributed by atoms with Gasteiger partial charge in [-0.2, -0.15) is 13.8 Å². The third kappa shape index (κ3) is 3.37. The molecule has 0 unspecified atom stereocenters. The molecule has 0 aliphatic carbocycles. The fraction of sp³-hybridized carbons (Fsp3) is 0.600. The minimum absolute atomic E-state index is 0.0505. The number of nitrogens with two attached hydrogens (primary N) is 1. The topological polar surface area (TPSA) is 145 Å². The lowest BCUT2D eigenvalue weighted by Crippen LogP contribution is -2.25. The van der Waals surface area contributed by atoms with E-state index in [2.05, 4.69) is 15.3 Å². The minimum Gasteiger partial charge on any atom is -0.369 e. The Morgan fingerprint density at radius 2 is 2.09 bits per heavy atom. The highest BCUT2D eigenvalue weighted by Gasteiger charge is 2.47. The van der Waals surface area contributed by atoms with Crippen LogP contribution in [0, 0.1) is 0 Å². The molecule has 1 aliphatic rings. The summed E-state index contributed by atoms with van der Waals surface area (Å²) in [6.07, 6.45) is -0.732. The van der Waals surface area contributed by atoms with Crippen LogP contribution in [0.2, 0.25) is 0 Å². The van der Waals surface area contributed by atoms with Crippen LogP contribution in [0.4, 0.5) is 26.2 Å². The summed E-state index contributed by atoms with van der Waals surface area (Å²) < 4.78 is 36.8. The van der Waals surface area contributed by atoms with Crippen molar-refractivity contribution in [3.05, 3.63) is 10.4 Å². The summed E-state index contributed by atoms with van der Waals surface area (Å²) in [4.78, 5) is 36.6. The molecule has 0 fully saturated rings. The number of hydrogen-bond donors (Lipinski definition) is 5. The highest BCUT2D eigenvalue weighted by atomic mass is 31.2. The second-order valence-corrected chi connectivity index (χ2v) is 6.66. The van der Waals surface area contributed by atoms with Crippen molar-refractivity contribution < 1.29 is 23.1 Å². The number of H-pyrrole nitrogens is 1. The number of aromatic amines is 1. The average molecular weight is 339 g/mol. The van der Waals surface area contributed by atoms with E-state index >= 15 is 0 Å². The number of hydrogen-bond acceptors (Lipinski definition) is 6. The van der Waals surface area contributed by atoms with Gasteiger partial charge in [0.05, 0.1) is 6.67 Å². The van der Waals surface area contributed by atoms with Gasteiger partial charge in [0.1, 0.15) is 5.69 Å². The molecule has 1 aliphatic heterocycles. The Morgan fingerprint density at radius 3 is 2.73 bits per heavy atom. The van der Waals surface area contributed by atoms with Gasteiger partial charge in [-0.05, 0) is 12.8 Å². The fourth-order valence-electron chi connectivity index (χ4n) is 2.09. The van der Waals surface area contributed by atoms with Crippen LogP contribution < -0.4 is 21.5 Å². The molecule has 6 N–H and O–H groups in total. The molecule has 2 rings (SSSR count). The number of unbranched alkanes of at least 4 members (excludes halogenated alkanes) is 1.